The second-order valence-electron chi connectivity index (χ2n) is 3.72. The summed E-state index contributed by atoms with van der Waals surface area (Å²) in [6.45, 7) is 0. The molecule has 1 heterocycles. The van der Waals surface area contributed by atoms with Crippen molar-refractivity contribution in [3.8, 4) is 0 Å². The molecule has 0 atom stereocenters. The van der Waals surface area contributed by atoms with Crippen LogP contribution in [0.2, 0.25) is 0 Å². The molecule has 1 fully saturated rings. The summed E-state index contributed by atoms with van der Waals surface area (Å²) in [6.07, 6.45) is -1.86. The van der Waals surface area contributed by atoms with Crippen molar-refractivity contribution in [1.82, 2.24) is 9.78 Å². The van der Waals surface area contributed by atoms with Crippen LogP contribution in [0.1, 0.15) is 24.1 Å². The standard InChI is InChI=1S/C8H10F3N3/c1-14-4-5(7(12)2-3-7)6(13-14)8(9,10)11/h4H,2-3,12H2,1H3. The molecule has 0 spiro atoms. The molecule has 3 nitrogen and oxygen atoms in total. The highest BCUT2D eigenvalue weighted by Crippen LogP contribution is 2.46. The summed E-state index contributed by atoms with van der Waals surface area (Å²) in [5.74, 6) is 0. The molecule has 2 N–H and O–H groups in total. The summed E-state index contributed by atoms with van der Waals surface area (Å²) in [4.78, 5) is 0. The molecule has 1 aliphatic carbocycles. The van der Waals surface area contributed by atoms with E-state index < -0.39 is 17.4 Å². The number of alkyl halides is 3. The first kappa shape index (κ1) is 9.51. The number of aryl methyl sites for hydroxylation is 1. The van der Waals surface area contributed by atoms with Gasteiger partial charge in [-0.15, -0.1) is 0 Å². The number of nitrogens with zero attached hydrogens (tertiary/aromatic N) is 2. The third-order valence-electron chi connectivity index (χ3n) is 2.42. The van der Waals surface area contributed by atoms with E-state index in [1.54, 1.807) is 0 Å². The molecule has 0 bridgehead atoms. The maximum atomic E-state index is 12.5. The minimum atomic E-state index is -4.41. The van der Waals surface area contributed by atoms with Crippen molar-refractivity contribution >= 4 is 0 Å². The second kappa shape index (κ2) is 2.50. The average Bonchev–Trinajstić information content (AvgIpc) is 2.60. The number of aromatic nitrogens is 2. The van der Waals surface area contributed by atoms with Crippen LogP contribution in [0.5, 0.6) is 0 Å². The Morgan fingerprint density at radius 2 is 2.07 bits per heavy atom. The number of hydrogen-bond acceptors (Lipinski definition) is 2. The molecule has 0 radical (unpaired) electrons. The Morgan fingerprint density at radius 3 is 2.50 bits per heavy atom. The largest absolute Gasteiger partial charge is 0.435 e. The van der Waals surface area contributed by atoms with Gasteiger partial charge in [-0.1, -0.05) is 0 Å². The maximum absolute atomic E-state index is 12.5. The van der Waals surface area contributed by atoms with Crippen LogP contribution < -0.4 is 5.73 Å². The molecule has 14 heavy (non-hydrogen) atoms. The van der Waals surface area contributed by atoms with Gasteiger partial charge in [0.15, 0.2) is 5.69 Å². The van der Waals surface area contributed by atoms with E-state index >= 15 is 0 Å². The quantitative estimate of drug-likeness (QED) is 0.752. The first-order valence-electron chi connectivity index (χ1n) is 4.23. The van der Waals surface area contributed by atoms with Gasteiger partial charge in [-0.3, -0.25) is 4.68 Å². The third kappa shape index (κ3) is 1.39. The molecule has 0 unspecified atom stereocenters. The third-order valence-corrected chi connectivity index (χ3v) is 2.42. The highest BCUT2D eigenvalue weighted by molar-refractivity contribution is 5.33. The molecule has 1 aromatic rings. The van der Waals surface area contributed by atoms with Gasteiger partial charge in [0.1, 0.15) is 0 Å². The zero-order valence-corrected chi connectivity index (χ0v) is 7.60. The lowest BCUT2D eigenvalue weighted by Gasteiger charge is -2.10. The van der Waals surface area contributed by atoms with E-state index in [0.717, 1.165) is 4.68 Å². The zero-order valence-electron chi connectivity index (χ0n) is 7.60. The van der Waals surface area contributed by atoms with Gasteiger partial charge in [0, 0.05) is 24.3 Å². The van der Waals surface area contributed by atoms with Crippen molar-refractivity contribution in [2.24, 2.45) is 12.8 Å². The number of nitrogens with two attached hydrogens (primary N) is 1. The van der Waals surface area contributed by atoms with E-state index in [1.165, 1.54) is 13.2 Å². The number of hydrogen-bond donors (Lipinski definition) is 1. The summed E-state index contributed by atoms with van der Waals surface area (Å²) in [5.41, 5.74) is 4.20. The summed E-state index contributed by atoms with van der Waals surface area (Å²) in [6, 6.07) is 0. The van der Waals surface area contributed by atoms with Gasteiger partial charge in [-0.2, -0.15) is 18.3 Å². The minimum absolute atomic E-state index is 0.118. The predicted octanol–water partition coefficient (Wildman–Crippen LogP) is 1.39. The SMILES string of the molecule is Cn1cc(C2(N)CC2)c(C(F)(F)F)n1. The van der Waals surface area contributed by atoms with Crippen LogP contribution in [-0.2, 0) is 18.8 Å². The fourth-order valence-electron chi connectivity index (χ4n) is 1.47. The van der Waals surface area contributed by atoms with Gasteiger partial charge in [0.05, 0.1) is 0 Å². The molecule has 0 aliphatic heterocycles. The fourth-order valence-corrected chi connectivity index (χ4v) is 1.47. The van der Waals surface area contributed by atoms with Gasteiger partial charge in [-0.05, 0) is 12.8 Å². The highest BCUT2D eigenvalue weighted by atomic mass is 19.4. The molecule has 1 saturated carbocycles. The van der Waals surface area contributed by atoms with E-state index in [1.807, 2.05) is 0 Å². The normalized spacial score (nSPS) is 19.8. The molecular formula is C8H10F3N3. The van der Waals surface area contributed by atoms with Crippen molar-refractivity contribution in [3.05, 3.63) is 17.5 Å². The Bertz CT molecular complexity index is 340. The lowest BCUT2D eigenvalue weighted by molar-refractivity contribution is -0.142. The molecule has 1 aromatic heterocycles. The molecule has 0 aromatic carbocycles. The van der Waals surface area contributed by atoms with Crippen LogP contribution in [0.3, 0.4) is 0 Å². The first-order valence-corrected chi connectivity index (χ1v) is 4.23. The average molecular weight is 205 g/mol. The topological polar surface area (TPSA) is 43.8 Å². The molecule has 0 saturated heterocycles. The molecular weight excluding hydrogens is 195 g/mol. The highest BCUT2D eigenvalue weighted by Gasteiger charge is 2.48. The van der Waals surface area contributed by atoms with E-state index in [2.05, 4.69) is 5.10 Å². The number of rotatable bonds is 1. The van der Waals surface area contributed by atoms with E-state index in [4.69, 9.17) is 5.73 Å². The predicted molar refractivity (Wildman–Crippen MR) is 43.3 cm³/mol. The van der Waals surface area contributed by atoms with Crippen LogP contribution in [0, 0.1) is 0 Å². The van der Waals surface area contributed by atoms with Crippen molar-refractivity contribution in [2.45, 2.75) is 24.6 Å². The molecule has 0 amide bonds. The van der Waals surface area contributed by atoms with E-state index in [-0.39, 0.29) is 5.56 Å². The Balaban J connectivity index is 2.49. The Morgan fingerprint density at radius 1 is 1.50 bits per heavy atom. The van der Waals surface area contributed by atoms with E-state index in [0.29, 0.717) is 12.8 Å². The Labute approximate surface area is 78.7 Å². The van der Waals surface area contributed by atoms with Gasteiger partial charge in [0.25, 0.3) is 0 Å². The van der Waals surface area contributed by atoms with Gasteiger partial charge < -0.3 is 5.73 Å². The number of halogens is 3. The van der Waals surface area contributed by atoms with Gasteiger partial charge in [0.2, 0.25) is 0 Å². The lowest BCUT2D eigenvalue weighted by atomic mass is 10.1. The summed E-state index contributed by atoms with van der Waals surface area (Å²) >= 11 is 0. The van der Waals surface area contributed by atoms with Crippen molar-refractivity contribution < 1.29 is 13.2 Å². The molecule has 1 aliphatic rings. The summed E-state index contributed by atoms with van der Waals surface area (Å²) < 4.78 is 38.6. The van der Waals surface area contributed by atoms with Crippen LogP contribution >= 0.6 is 0 Å². The lowest BCUT2D eigenvalue weighted by Crippen LogP contribution is -2.22. The maximum Gasteiger partial charge on any atom is 0.435 e. The second-order valence-corrected chi connectivity index (χ2v) is 3.72. The molecule has 78 valence electrons. The smallest absolute Gasteiger partial charge is 0.321 e. The monoisotopic (exact) mass is 205 g/mol. The van der Waals surface area contributed by atoms with Crippen molar-refractivity contribution in [2.75, 3.05) is 0 Å². The Hall–Kier alpha value is -1.04. The van der Waals surface area contributed by atoms with Crippen LogP contribution in [0.25, 0.3) is 0 Å². The fraction of sp³-hybridized carbons (Fsp3) is 0.625. The molecule has 2 rings (SSSR count). The van der Waals surface area contributed by atoms with Crippen LogP contribution in [-0.4, -0.2) is 9.78 Å². The van der Waals surface area contributed by atoms with Gasteiger partial charge >= 0.3 is 6.18 Å². The Kier molecular flexibility index (Phi) is 1.70. The van der Waals surface area contributed by atoms with E-state index in [9.17, 15) is 13.2 Å². The van der Waals surface area contributed by atoms with Crippen molar-refractivity contribution in [3.63, 3.8) is 0 Å². The first-order chi connectivity index (χ1) is 6.33. The summed E-state index contributed by atoms with van der Waals surface area (Å²) in [5, 5.41) is 3.40. The van der Waals surface area contributed by atoms with Crippen molar-refractivity contribution in [1.29, 1.82) is 0 Å². The van der Waals surface area contributed by atoms with Crippen LogP contribution in [0.15, 0.2) is 6.20 Å². The van der Waals surface area contributed by atoms with Gasteiger partial charge in [-0.25, -0.2) is 0 Å². The summed E-state index contributed by atoms with van der Waals surface area (Å²) in [7, 11) is 1.46. The zero-order chi connectivity index (χ0) is 10.6. The van der Waals surface area contributed by atoms with Crippen LogP contribution in [0.4, 0.5) is 13.2 Å². The minimum Gasteiger partial charge on any atom is -0.321 e. The molecule has 6 heteroatoms.